The Kier molecular flexibility index (Phi) is 1.86. The first-order valence-corrected chi connectivity index (χ1v) is 4.01. The van der Waals surface area contributed by atoms with Crippen LogP contribution in [0, 0.1) is 17.1 Å². The van der Waals surface area contributed by atoms with Crippen LogP contribution in [0.3, 0.4) is 0 Å². The Balaban J connectivity index is 2.85. The molecule has 0 atom stereocenters. The predicted octanol–water partition coefficient (Wildman–Crippen LogP) is 2.19. The molecule has 1 heterocycles. The highest BCUT2D eigenvalue weighted by atomic mass is 19.1. The molecule has 0 aliphatic rings. The molecule has 1 aromatic carbocycles. The molecule has 3 nitrogen and oxygen atoms in total. The maximum Gasteiger partial charge on any atom is 0.178 e. The van der Waals surface area contributed by atoms with E-state index in [1.807, 2.05) is 6.07 Å². The lowest BCUT2D eigenvalue weighted by molar-refractivity contribution is 0.391. The number of hydrogen-bond donors (Lipinski definition) is 1. The van der Waals surface area contributed by atoms with Gasteiger partial charge in [0.1, 0.15) is 6.07 Å². The van der Waals surface area contributed by atoms with Crippen molar-refractivity contribution in [3.63, 3.8) is 0 Å². The molecule has 0 amide bonds. The average Bonchev–Trinajstić information content (AvgIpc) is 2.60. The molecule has 0 saturated heterocycles. The van der Waals surface area contributed by atoms with Gasteiger partial charge in [-0.3, -0.25) is 0 Å². The monoisotopic (exact) mass is 190 g/mol. The highest BCUT2D eigenvalue weighted by molar-refractivity contribution is 5.90. The lowest BCUT2D eigenvalue weighted by Crippen LogP contribution is -1.88. The van der Waals surface area contributed by atoms with Gasteiger partial charge in [0.25, 0.3) is 0 Å². The largest absolute Gasteiger partial charge is 0.492 e. The molecule has 1 N–H and O–H groups in total. The zero-order chi connectivity index (χ0) is 10.1. The SMILES string of the molecule is COc1c(F)ccc2c(C#N)c[nH]c12. The highest BCUT2D eigenvalue weighted by Gasteiger charge is 2.11. The number of ether oxygens (including phenoxy) is 1. The zero-order valence-electron chi connectivity index (χ0n) is 7.47. The number of aromatic amines is 1. The summed E-state index contributed by atoms with van der Waals surface area (Å²) in [5, 5.41) is 9.42. The number of benzene rings is 1. The predicted molar refractivity (Wildman–Crippen MR) is 49.5 cm³/mol. The topological polar surface area (TPSA) is 48.8 Å². The van der Waals surface area contributed by atoms with E-state index in [2.05, 4.69) is 4.98 Å². The number of nitriles is 1. The first-order valence-electron chi connectivity index (χ1n) is 4.01. The Bertz CT molecular complexity index is 525. The molecular formula is C10H7FN2O. The summed E-state index contributed by atoms with van der Waals surface area (Å²) in [6.07, 6.45) is 1.53. The fraction of sp³-hybridized carbons (Fsp3) is 0.100. The summed E-state index contributed by atoms with van der Waals surface area (Å²) >= 11 is 0. The Morgan fingerprint density at radius 1 is 1.50 bits per heavy atom. The number of aromatic nitrogens is 1. The summed E-state index contributed by atoms with van der Waals surface area (Å²) in [4.78, 5) is 2.81. The van der Waals surface area contributed by atoms with Crippen molar-refractivity contribution in [2.24, 2.45) is 0 Å². The number of nitrogens with zero attached hydrogens (tertiary/aromatic N) is 1. The molecule has 0 aliphatic carbocycles. The van der Waals surface area contributed by atoms with Crippen LogP contribution in [0.4, 0.5) is 4.39 Å². The van der Waals surface area contributed by atoms with Gasteiger partial charge in [0, 0.05) is 11.6 Å². The van der Waals surface area contributed by atoms with Crippen LogP contribution in [0.1, 0.15) is 5.56 Å². The van der Waals surface area contributed by atoms with Crippen molar-refractivity contribution in [1.29, 1.82) is 5.26 Å². The minimum Gasteiger partial charge on any atom is -0.492 e. The molecule has 0 aliphatic heterocycles. The van der Waals surface area contributed by atoms with Crippen LogP contribution in [0.2, 0.25) is 0 Å². The van der Waals surface area contributed by atoms with Crippen molar-refractivity contribution >= 4 is 10.9 Å². The molecule has 2 rings (SSSR count). The van der Waals surface area contributed by atoms with Crippen LogP contribution in [0.5, 0.6) is 5.75 Å². The molecule has 0 fully saturated rings. The first kappa shape index (κ1) is 8.57. The van der Waals surface area contributed by atoms with E-state index < -0.39 is 5.82 Å². The average molecular weight is 190 g/mol. The van der Waals surface area contributed by atoms with E-state index in [0.29, 0.717) is 16.5 Å². The number of nitrogens with one attached hydrogen (secondary N) is 1. The van der Waals surface area contributed by atoms with Gasteiger partial charge in [0.2, 0.25) is 0 Å². The van der Waals surface area contributed by atoms with E-state index in [1.165, 1.54) is 19.4 Å². The van der Waals surface area contributed by atoms with E-state index >= 15 is 0 Å². The molecule has 0 saturated carbocycles. The Morgan fingerprint density at radius 2 is 2.29 bits per heavy atom. The van der Waals surface area contributed by atoms with Crippen molar-refractivity contribution in [3.8, 4) is 11.8 Å². The minimum absolute atomic E-state index is 0.143. The van der Waals surface area contributed by atoms with E-state index in [4.69, 9.17) is 10.00 Å². The maximum absolute atomic E-state index is 13.2. The van der Waals surface area contributed by atoms with Gasteiger partial charge < -0.3 is 9.72 Å². The number of fused-ring (bicyclic) bond motifs is 1. The summed E-state index contributed by atoms with van der Waals surface area (Å²) in [6, 6.07) is 4.86. The molecule has 14 heavy (non-hydrogen) atoms. The second-order valence-electron chi connectivity index (χ2n) is 2.82. The molecule has 0 radical (unpaired) electrons. The number of H-pyrrole nitrogens is 1. The van der Waals surface area contributed by atoms with Crippen molar-refractivity contribution < 1.29 is 9.13 Å². The Hall–Kier alpha value is -2.02. The first-order chi connectivity index (χ1) is 6.77. The zero-order valence-corrected chi connectivity index (χ0v) is 7.47. The minimum atomic E-state index is -0.439. The molecular weight excluding hydrogens is 183 g/mol. The van der Waals surface area contributed by atoms with Gasteiger partial charge >= 0.3 is 0 Å². The van der Waals surface area contributed by atoms with E-state index in [0.717, 1.165) is 0 Å². The van der Waals surface area contributed by atoms with Gasteiger partial charge in [-0.05, 0) is 12.1 Å². The number of rotatable bonds is 1. The standard InChI is InChI=1S/C10H7FN2O/c1-14-10-8(11)3-2-7-6(4-12)5-13-9(7)10/h2-3,5,13H,1H3. The maximum atomic E-state index is 13.2. The second kappa shape index (κ2) is 3.04. The number of halogens is 1. The van der Waals surface area contributed by atoms with Crippen LogP contribution in [0.15, 0.2) is 18.3 Å². The van der Waals surface area contributed by atoms with E-state index in [-0.39, 0.29) is 5.75 Å². The van der Waals surface area contributed by atoms with E-state index in [1.54, 1.807) is 6.07 Å². The molecule has 0 spiro atoms. The van der Waals surface area contributed by atoms with Crippen LogP contribution < -0.4 is 4.74 Å². The summed E-state index contributed by atoms with van der Waals surface area (Å²) in [6.45, 7) is 0. The summed E-state index contributed by atoms with van der Waals surface area (Å²) < 4.78 is 18.1. The van der Waals surface area contributed by atoms with Crippen molar-refractivity contribution in [3.05, 3.63) is 29.7 Å². The van der Waals surface area contributed by atoms with Crippen molar-refractivity contribution in [2.45, 2.75) is 0 Å². The fourth-order valence-corrected chi connectivity index (χ4v) is 1.44. The third-order valence-corrected chi connectivity index (χ3v) is 2.09. The molecule has 0 unspecified atom stereocenters. The number of methoxy groups -OCH3 is 1. The molecule has 0 bridgehead atoms. The summed E-state index contributed by atoms with van der Waals surface area (Å²) in [7, 11) is 1.39. The number of hydrogen-bond acceptors (Lipinski definition) is 2. The van der Waals surface area contributed by atoms with Crippen molar-refractivity contribution in [1.82, 2.24) is 4.98 Å². The molecule has 2 aromatic rings. The fourth-order valence-electron chi connectivity index (χ4n) is 1.44. The molecule has 70 valence electrons. The molecule has 4 heteroatoms. The van der Waals surface area contributed by atoms with Crippen LogP contribution in [-0.4, -0.2) is 12.1 Å². The van der Waals surface area contributed by atoms with Gasteiger partial charge in [0.05, 0.1) is 18.2 Å². The summed E-state index contributed by atoms with van der Waals surface area (Å²) in [5.74, 6) is -0.296. The normalized spacial score (nSPS) is 10.1. The Labute approximate surface area is 79.7 Å². The van der Waals surface area contributed by atoms with Gasteiger partial charge in [-0.1, -0.05) is 0 Å². The quantitative estimate of drug-likeness (QED) is 0.749. The van der Waals surface area contributed by atoms with E-state index in [9.17, 15) is 4.39 Å². The lowest BCUT2D eigenvalue weighted by atomic mass is 10.2. The van der Waals surface area contributed by atoms with Crippen LogP contribution in [0.25, 0.3) is 10.9 Å². The second-order valence-corrected chi connectivity index (χ2v) is 2.82. The van der Waals surface area contributed by atoms with Gasteiger partial charge in [-0.2, -0.15) is 5.26 Å². The van der Waals surface area contributed by atoms with Crippen LogP contribution >= 0.6 is 0 Å². The van der Waals surface area contributed by atoms with Crippen molar-refractivity contribution in [2.75, 3.05) is 7.11 Å². The van der Waals surface area contributed by atoms with Gasteiger partial charge in [0.15, 0.2) is 11.6 Å². The Morgan fingerprint density at radius 3 is 2.93 bits per heavy atom. The van der Waals surface area contributed by atoms with Crippen LogP contribution in [-0.2, 0) is 0 Å². The third kappa shape index (κ3) is 1.03. The molecule has 1 aromatic heterocycles. The smallest absolute Gasteiger partial charge is 0.178 e. The lowest BCUT2D eigenvalue weighted by Gasteiger charge is -2.02. The highest BCUT2D eigenvalue weighted by Crippen LogP contribution is 2.29. The van der Waals surface area contributed by atoms with Gasteiger partial charge in [-0.15, -0.1) is 0 Å². The third-order valence-electron chi connectivity index (χ3n) is 2.09. The van der Waals surface area contributed by atoms with Gasteiger partial charge in [-0.25, -0.2) is 4.39 Å². The summed E-state index contributed by atoms with van der Waals surface area (Å²) in [5.41, 5.74) is 1.00.